The van der Waals surface area contributed by atoms with Gasteiger partial charge in [-0.05, 0) is 56.2 Å². The van der Waals surface area contributed by atoms with Gasteiger partial charge in [0.05, 0.1) is 24.5 Å². The van der Waals surface area contributed by atoms with Crippen LogP contribution in [-0.2, 0) is 17.5 Å². The molecule has 38 heavy (non-hydrogen) atoms. The van der Waals surface area contributed by atoms with Crippen molar-refractivity contribution in [3.05, 3.63) is 41.7 Å². The van der Waals surface area contributed by atoms with Crippen molar-refractivity contribution in [3.63, 3.8) is 0 Å². The van der Waals surface area contributed by atoms with Crippen LogP contribution in [0.2, 0.25) is 0 Å². The minimum absolute atomic E-state index is 0.135. The molecule has 9 nitrogen and oxygen atoms in total. The maximum Gasteiger partial charge on any atom is 0.416 e. The molecule has 0 atom stereocenters. The molecule has 0 bridgehead atoms. The van der Waals surface area contributed by atoms with Crippen LogP contribution >= 0.6 is 0 Å². The Balaban J connectivity index is 1.35. The number of halogens is 3. The van der Waals surface area contributed by atoms with Gasteiger partial charge in [-0.25, -0.2) is 4.98 Å². The van der Waals surface area contributed by atoms with Gasteiger partial charge >= 0.3 is 6.18 Å². The van der Waals surface area contributed by atoms with E-state index in [-0.39, 0.29) is 18.1 Å². The van der Waals surface area contributed by atoms with Gasteiger partial charge in [0.1, 0.15) is 0 Å². The monoisotopic (exact) mass is 531 g/mol. The fourth-order valence-electron chi connectivity index (χ4n) is 5.06. The maximum absolute atomic E-state index is 13.0. The largest absolute Gasteiger partial charge is 0.416 e. The number of aromatic nitrogens is 4. The van der Waals surface area contributed by atoms with Crippen LogP contribution in [0.3, 0.4) is 0 Å². The van der Waals surface area contributed by atoms with E-state index >= 15 is 0 Å². The number of benzene rings is 1. The molecule has 3 aromatic rings. The first-order valence-corrected chi connectivity index (χ1v) is 13.1. The van der Waals surface area contributed by atoms with Crippen LogP contribution in [0.5, 0.6) is 0 Å². The lowest BCUT2D eigenvalue weighted by Crippen LogP contribution is -2.29. The second-order valence-electron chi connectivity index (χ2n) is 10.0. The Morgan fingerprint density at radius 2 is 1.84 bits per heavy atom. The SMILES string of the molecule is O=C1CCCN1CCCNc1nc(NC2CCC(O)CC2)nc2c1ncn2Cc1ccc(C(F)(F)F)cc1. The van der Waals surface area contributed by atoms with Crippen LogP contribution in [0.25, 0.3) is 11.2 Å². The molecular formula is C26H32F3N7O2. The summed E-state index contributed by atoms with van der Waals surface area (Å²) in [7, 11) is 0. The van der Waals surface area contributed by atoms with Crippen LogP contribution < -0.4 is 10.6 Å². The molecule has 5 rings (SSSR count). The van der Waals surface area contributed by atoms with Crippen molar-refractivity contribution in [2.45, 2.75) is 69.8 Å². The molecule has 2 fully saturated rings. The quantitative estimate of drug-likeness (QED) is 0.358. The average molecular weight is 532 g/mol. The summed E-state index contributed by atoms with van der Waals surface area (Å²) in [6, 6.07) is 5.21. The van der Waals surface area contributed by atoms with Gasteiger partial charge in [-0.1, -0.05) is 12.1 Å². The molecule has 1 amide bonds. The number of nitrogens with one attached hydrogen (secondary N) is 2. The number of imidazole rings is 1. The molecule has 1 aliphatic carbocycles. The van der Waals surface area contributed by atoms with E-state index in [1.165, 1.54) is 12.1 Å². The van der Waals surface area contributed by atoms with Crippen LogP contribution in [0.1, 0.15) is 56.1 Å². The number of amides is 1. The molecule has 1 aromatic carbocycles. The van der Waals surface area contributed by atoms with Gasteiger partial charge in [-0.15, -0.1) is 0 Å². The second-order valence-corrected chi connectivity index (χ2v) is 10.0. The third-order valence-corrected chi connectivity index (χ3v) is 7.20. The second kappa shape index (κ2) is 11.1. The number of fused-ring (bicyclic) bond motifs is 1. The van der Waals surface area contributed by atoms with E-state index < -0.39 is 11.7 Å². The highest BCUT2D eigenvalue weighted by atomic mass is 19.4. The Labute approximate surface area is 218 Å². The molecule has 3 heterocycles. The lowest BCUT2D eigenvalue weighted by Gasteiger charge is -2.26. The Morgan fingerprint density at radius 1 is 1.08 bits per heavy atom. The van der Waals surface area contributed by atoms with E-state index in [9.17, 15) is 23.1 Å². The molecule has 2 aromatic heterocycles. The normalized spacial score (nSPS) is 20.3. The number of aliphatic hydroxyl groups excluding tert-OH is 1. The number of carbonyl (C=O) groups is 1. The summed E-state index contributed by atoms with van der Waals surface area (Å²) >= 11 is 0. The molecule has 0 spiro atoms. The molecule has 1 aliphatic heterocycles. The van der Waals surface area contributed by atoms with Crippen molar-refractivity contribution in [1.29, 1.82) is 0 Å². The van der Waals surface area contributed by atoms with Crippen molar-refractivity contribution in [1.82, 2.24) is 24.4 Å². The van der Waals surface area contributed by atoms with Crippen molar-refractivity contribution in [2.75, 3.05) is 30.3 Å². The molecule has 2 aliphatic rings. The van der Waals surface area contributed by atoms with Crippen molar-refractivity contribution in [2.24, 2.45) is 0 Å². The zero-order valence-electron chi connectivity index (χ0n) is 21.0. The number of nitrogens with zero attached hydrogens (tertiary/aromatic N) is 5. The standard InChI is InChI=1S/C26H32F3N7O2/c27-26(28,29)18-6-4-17(5-7-18)15-36-16-31-22-23(30-12-2-14-35-13-1-3-21(35)38)33-25(34-24(22)36)32-19-8-10-20(37)11-9-19/h4-7,16,19-20,37H,1-3,8-15H2,(H2,30,32,33,34). The first kappa shape index (κ1) is 26.2. The number of carbonyl (C=O) groups excluding carboxylic acids is 1. The number of aliphatic hydroxyl groups is 1. The lowest BCUT2D eigenvalue weighted by atomic mass is 9.93. The summed E-state index contributed by atoms with van der Waals surface area (Å²) < 4.78 is 40.7. The van der Waals surface area contributed by atoms with Crippen molar-refractivity contribution in [3.8, 4) is 0 Å². The van der Waals surface area contributed by atoms with E-state index in [0.717, 1.165) is 44.4 Å². The summed E-state index contributed by atoms with van der Waals surface area (Å²) in [5, 5.41) is 16.6. The van der Waals surface area contributed by atoms with Crippen LogP contribution in [-0.4, -0.2) is 67.2 Å². The van der Waals surface area contributed by atoms with Crippen LogP contribution in [0.4, 0.5) is 24.9 Å². The van der Waals surface area contributed by atoms with E-state index in [0.29, 0.717) is 67.4 Å². The first-order chi connectivity index (χ1) is 18.3. The Morgan fingerprint density at radius 3 is 2.53 bits per heavy atom. The topological polar surface area (TPSA) is 108 Å². The summed E-state index contributed by atoms with van der Waals surface area (Å²) in [4.78, 5) is 27.6. The number of likely N-dealkylation sites (tertiary alicyclic amines) is 1. The minimum Gasteiger partial charge on any atom is -0.393 e. The molecule has 12 heteroatoms. The molecule has 204 valence electrons. The van der Waals surface area contributed by atoms with Crippen molar-refractivity contribution < 1.29 is 23.1 Å². The fraction of sp³-hybridized carbons (Fsp3) is 0.538. The average Bonchev–Trinajstić information content (AvgIpc) is 3.49. The van der Waals surface area contributed by atoms with Crippen LogP contribution in [0.15, 0.2) is 30.6 Å². The van der Waals surface area contributed by atoms with E-state index in [1.807, 2.05) is 4.90 Å². The fourth-order valence-corrected chi connectivity index (χ4v) is 5.06. The molecule has 0 radical (unpaired) electrons. The molecule has 1 saturated heterocycles. The van der Waals surface area contributed by atoms with E-state index in [4.69, 9.17) is 4.98 Å². The third-order valence-electron chi connectivity index (χ3n) is 7.20. The zero-order chi connectivity index (χ0) is 26.7. The first-order valence-electron chi connectivity index (χ1n) is 13.1. The smallest absolute Gasteiger partial charge is 0.393 e. The van der Waals surface area contributed by atoms with E-state index in [1.54, 1.807) is 10.9 Å². The molecule has 0 unspecified atom stereocenters. The molecule has 1 saturated carbocycles. The molecular weight excluding hydrogens is 499 g/mol. The van der Waals surface area contributed by atoms with Gasteiger partial charge in [0.25, 0.3) is 0 Å². The lowest BCUT2D eigenvalue weighted by molar-refractivity contribution is -0.137. The third kappa shape index (κ3) is 6.17. The number of alkyl halides is 3. The van der Waals surface area contributed by atoms with Gasteiger partial charge in [0.2, 0.25) is 11.9 Å². The highest BCUT2D eigenvalue weighted by Crippen LogP contribution is 2.30. The molecule has 3 N–H and O–H groups in total. The minimum atomic E-state index is -4.38. The van der Waals surface area contributed by atoms with Gasteiger partial charge in [0, 0.05) is 32.1 Å². The van der Waals surface area contributed by atoms with Gasteiger partial charge < -0.3 is 25.2 Å². The summed E-state index contributed by atoms with van der Waals surface area (Å²) in [6.07, 6.45) is 2.27. The van der Waals surface area contributed by atoms with Crippen molar-refractivity contribution >= 4 is 28.8 Å². The predicted molar refractivity (Wildman–Crippen MR) is 137 cm³/mol. The number of anilines is 2. The summed E-state index contributed by atoms with van der Waals surface area (Å²) in [6.45, 7) is 2.38. The van der Waals surface area contributed by atoms with Gasteiger partial charge in [0.15, 0.2) is 17.0 Å². The summed E-state index contributed by atoms with van der Waals surface area (Å²) in [5.74, 6) is 1.19. The highest BCUT2D eigenvalue weighted by Gasteiger charge is 2.30. The number of hydrogen-bond donors (Lipinski definition) is 3. The summed E-state index contributed by atoms with van der Waals surface area (Å²) in [5.41, 5.74) is 1.14. The van der Waals surface area contributed by atoms with Gasteiger partial charge in [-0.3, -0.25) is 4.79 Å². The maximum atomic E-state index is 13.0. The Kier molecular flexibility index (Phi) is 7.68. The highest BCUT2D eigenvalue weighted by molar-refractivity contribution is 5.84. The zero-order valence-corrected chi connectivity index (χ0v) is 21.0. The van der Waals surface area contributed by atoms with Crippen LogP contribution in [0, 0.1) is 0 Å². The Hall–Kier alpha value is -3.41. The predicted octanol–water partition coefficient (Wildman–Crippen LogP) is 4.03. The van der Waals surface area contributed by atoms with Gasteiger partial charge in [-0.2, -0.15) is 23.1 Å². The number of hydrogen-bond acceptors (Lipinski definition) is 7. The number of rotatable bonds is 9. The Bertz CT molecular complexity index is 1250. The van der Waals surface area contributed by atoms with E-state index in [2.05, 4.69) is 20.6 Å².